The smallest absolute Gasteiger partial charge is 0.239 e. The lowest BCUT2D eigenvalue weighted by Crippen LogP contribution is -2.44. The monoisotopic (exact) mass is 322 g/mol. The van der Waals surface area contributed by atoms with Gasteiger partial charge in [-0.25, -0.2) is 0 Å². The van der Waals surface area contributed by atoms with Crippen LogP contribution >= 0.6 is 0 Å². The largest absolute Gasteiger partial charge is 0.494 e. The zero-order valence-electron chi connectivity index (χ0n) is 15.0. The van der Waals surface area contributed by atoms with Crippen LogP contribution in [0.4, 0.5) is 0 Å². The molecule has 5 heteroatoms. The molecule has 1 aromatic rings. The fourth-order valence-electron chi connectivity index (χ4n) is 2.37. The Labute approximate surface area is 140 Å². The quantitative estimate of drug-likeness (QED) is 0.620. The molecule has 0 aromatic heterocycles. The maximum absolute atomic E-state index is 12.5. The minimum atomic E-state index is -0.139. The summed E-state index contributed by atoms with van der Waals surface area (Å²) in [5.41, 5.74) is 1.10. The van der Waals surface area contributed by atoms with Gasteiger partial charge in [-0.3, -0.25) is 9.69 Å². The molecule has 0 bridgehead atoms. The number of likely N-dealkylation sites (N-methyl/N-ethyl adjacent to an activating group) is 2. The van der Waals surface area contributed by atoms with Crippen LogP contribution in [0.2, 0.25) is 0 Å². The number of nitrogens with zero attached hydrogens (tertiary/aromatic N) is 2. The SMILES string of the molecule is CCOc1ccc(CN(C)C(=O)C(C)N(C)CCCOC)cc1. The molecule has 130 valence electrons. The van der Waals surface area contributed by atoms with E-state index in [0.717, 1.165) is 24.3 Å². The van der Waals surface area contributed by atoms with Crippen molar-refractivity contribution >= 4 is 5.91 Å². The summed E-state index contributed by atoms with van der Waals surface area (Å²) < 4.78 is 10.5. The molecule has 1 aromatic carbocycles. The van der Waals surface area contributed by atoms with Gasteiger partial charge in [-0.05, 0) is 45.0 Å². The van der Waals surface area contributed by atoms with Gasteiger partial charge in [0.05, 0.1) is 12.6 Å². The second-order valence-corrected chi connectivity index (χ2v) is 5.77. The summed E-state index contributed by atoms with van der Waals surface area (Å²) in [5, 5.41) is 0. The van der Waals surface area contributed by atoms with E-state index in [1.165, 1.54) is 0 Å². The van der Waals surface area contributed by atoms with E-state index < -0.39 is 0 Å². The highest BCUT2D eigenvalue weighted by molar-refractivity contribution is 5.81. The second-order valence-electron chi connectivity index (χ2n) is 5.77. The molecule has 0 aliphatic carbocycles. The van der Waals surface area contributed by atoms with Crippen LogP contribution in [0.1, 0.15) is 25.8 Å². The molecule has 0 fully saturated rings. The molecule has 0 aliphatic rings. The predicted octanol–water partition coefficient (Wildman–Crippen LogP) is 2.40. The molecular weight excluding hydrogens is 292 g/mol. The average Bonchev–Trinajstić information content (AvgIpc) is 2.55. The number of rotatable bonds is 10. The highest BCUT2D eigenvalue weighted by Crippen LogP contribution is 2.14. The van der Waals surface area contributed by atoms with Crippen molar-refractivity contribution in [1.82, 2.24) is 9.80 Å². The van der Waals surface area contributed by atoms with E-state index in [9.17, 15) is 4.79 Å². The van der Waals surface area contributed by atoms with Gasteiger partial charge in [0, 0.05) is 33.9 Å². The fraction of sp³-hybridized carbons (Fsp3) is 0.611. The van der Waals surface area contributed by atoms with Gasteiger partial charge in [-0.2, -0.15) is 0 Å². The zero-order chi connectivity index (χ0) is 17.2. The molecule has 5 nitrogen and oxygen atoms in total. The van der Waals surface area contributed by atoms with Crippen molar-refractivity contribution in [3.63, 3.8) is 0 Å². The molecular formula is C18H30N2O3. The molecule has 0 N–H and O–H groups in total. The van der Waals surface area contributed by atoms with E-state index in [4.69, 9.17) is 9.47 Å². The minimum Gasteiger partial charge on any atom is -0.494 e. The first-order chi connectivity index (χ1) is 11.0. The molecule has 0 spiro atoms. The number of hydrogen-bond acceptors (Lipinski definition) is 4. The van der Waals surface area contributed by atoms with E-state index in [1.807, 2.05) is 52.2 Å². The summed E-state index contributed by atoms with van der Waals surface area (Å²) in [6.45, 7) is 6.73. The van der Waals surface area contributed by atoms with Crippen LogP contribution < -0.4 is 4.74 Å². The van der Waals surface area contributed by atoms with Crippen LogP contribution in [0.15, 0.2) is 24.3 Å². The number of carbonyl (C=O) groups is 1. The molecule has 1 unspecified atom stereocenters. The normalized spacial score (nSPS) is 12.3. The van der Waals surface area contributed by atoms with E-state index in [2.05, 4.69) is 4.90 Å². The maximum Gasteiger partial charge on any atom is 0.239 e. The van der Waals surface area contributed by atoms with Gasteiger partial charge < -0.3 is 14.4 Å². The maximum atomic E-state index is 12.5. The average molecular weight is 322 g/mol. The van der Waals surface area contributed by atoms with E-state index in [-0.39, 0.29) is 11.9 Å². The molecule has 0 saturated carbocycles. The highest BCUT2D eigenvalue weighted by atomic mass is 16.5. The molecule has 0 radical (unpaired) electrons. The van der Waals surface area contributed by atoms with Crippen LogP contribution in [0.3, 0.4) is 0 Å². The third-order valence-corrected chi connectivity index (χ3v) is 3.91. The summed E-state index contributed by atoms with van der Waals surface area (Å²) in [6.07, 6.45) is 0.924. The Morgan fingerprint density at radius 3 is 2.43 bits per heavy atom. The van der Waals surface area contributed by atoms with Crippen molar-refractivity contribution in [2.45, 2.75) is 32.9 Å². The van der Waals surface area contributed by atoms with Crippen LogP contribution in [-0.2, 0) is 16.1 Å². The first-order valence-corrected chi connectivity index (χ1v) is 8.15. The summed E-state index contributed by atoms with van der Waals surface area (Å²) in [7, 11) is 5.51. The van der Waals surface area contributed by atoms with E-state index >= 15 is 0 Å². The second kappa shape index (κ2) is 10.2. The summed E-state index contributed by atoms with van der Waals surface area (Å²) in [4.78, 5) is 16.4. The fourth-order valence-corrected chi connectivity index (χ4v) is 2.37. The van der Waals surface area contributed by atoms with Gasteiger partial charge in [0.15, 0.2) is 0 Å². The third kappa shape index (κ3) is 6.59. The van der Waals surface area contributed by atoms with Crippen molar-refractivity contribution in [2.75, 3.05) is 41.0 Å². The Hall–Kier alpha value is -1.59. The van der Waals surface area contributed by atoms with Crippen molar-refractivity contribution in [2.24, 2.45) is 0 Å². The van der Waals surface area contributed by atoms with E-state index in [1.54, 1.807) is 12.0 Å². The number of methoxy groups -OCH3 is 1. The summed E-state index contributed by atoms with van der Waals surface area (Å²) in [5.74, 6) is 0.982. The lowest BCUT2D eigenvalue weighted by Gasteiger charge is -2.28. The van der Waals surface area contributed by atoms with Crippen LogP contribution in [0.5, 0.6) is 5.75 Å². The molecule has 1 rings (SSSR count). The van der Waals surface area contributed by atoms with Crippen LogP contribution in [0, 0.1) is 0 Å². The molecule has 1 atom stereocenters. The van der Waals surface area contributed by atoms with Gasteiger partial charge >= 0.3 is 0 Å². The van der Waals surface area contributed by atoms with Gasteiger partial charge in [-0.15, -0.1) is 0 Å². The van der Waals surface area contributed by atoms with E-state index in [0.29, 0.717) is 19.8 Å². The van der Waals surface area contributed by atoms with Crippen molar-refractivity contribution < 1.29 is 14.3 Å². The predicted molar refractivity (Wildman–Crippen MR) is 92.7 cm³/mol. The van der Waals surface area contributed by atoms with Gasteiger partial charge in [0.1, 0.15) is 5.75 Å². The topological polar surface area (TPSA) is 42.0 Å². The number of benzene rings is 1. The van der Waals surface area contributed by atoms with Crippen LogP contribution in [-0.4, -0.2) is 62.7 Å². The summed E-state index contributed by atoms with van der Waals surface area (Å²) >= 11 is 0. The Morgan fingerprint density at radius 2 is 1.87 bits per heavy atom. The Bertz CT molecular complexity index is 462. The van der Waals surface area contributed by atoms with Crippen molar-refractivity contribution in [1.29, 1.82) is 0 Å². The standard InChI is InChI=1S/C18H30N2O3/c1-6-23-17-10-8-16(9-11-17)14-20(4)18(21)15(2)19(3)12-7-13-22-5/h8-11,15H,6-7,12-14H2,1-5H3. The molecule has 23 heavy (non-hydrogen) atoms. The highest BCUT2D eigenvalue weighted by Gasteiger charge is 2.21. The molecule has 1 amide bonds. The van der Waals surface area contributed by atoms with Crippen LogP contribution in [0.25, 0.3) is 0 Å². The lowest BCUT2D eigenvalue weighted by molar-refractivity contribution is -0.135. The molecule has 0 aliphatic heterocycles. The summed E-state index contributed by atoms with van der Waals surface area (Å²) in [6, 6.07) is 7.75. The first-order valence-electron chi connectivity index (χ1n) is 8.15. The van der Waals surface area contributed by atoms with Gasteiger partial charge in [0.2, 0.25) is 5.91 Å². The Kier molecular flexibility index (Phi) is 8.66. The number of amides is 1. The molecule has 0 saturated heterocycles. The lowest BCUT2D eigenvalue weighted by atomic mass is 10.2. The first kappa shape index (κ1) is 19.5. The van der Waals surface area contributed by atoms with Crippen molar-refractivity contribution in [3.8, 4) is 5.75 Å². The van der Waals surface area contributed by atoms with Crippen molar-refractivity contribution in [3.05, 3.63) is 29.8 Å². The van der Waals surface area contributed by atoms with Gasteiger partial charge in [-0.1, -0.05) is 12.1 Å². The van der Waals surface area contributed by atoms with Gasteiger partial charge in [0.25, 0.3) is 0 Å². The number of carbonyl (C=O) groups excluding carboxylic acids is 1. The third-order valence-electron chi connectivity index (χ3n) is 3.91. The number of ether oxygens (including phenoxy) is 2. The number of hydrogen-bond donors (Lipinski definition) is 0. The molecule has 0 heterocycles. The Balaban J connectivity index is 2.51. The Morgan fingerprint density at radius 1 is 1.22 bits per heavy atom. The minimum absolute atomic E-state index is 0.124. The zero-order valence-corrected chi connectivity index (χ0v) is 15.0.